The summed E-state index contributed by atoms with van der Waals surface area (Å²) in [6.07, 6.45) is -1.02. The van der Waals surface area contributed by atoms with Gasteiger partial charge in [-0.3, -0.25) is 0 Å². The molecule has 1 amide bonds. The van der Waals surface area contributed by atoms with E-state index in [1.165, 1.54) is 6.20 Å². The van der Waals surface area contributed by atoms with Crippen molar-refractivity contribution in [2.24, 2.45) is 0 Å². The van der Waals surface area contributed by atoms with Gasteiger partial charge in [-0.1, -0.05) is 0 Å². The van der Waals surface area contributed by atoms with Gasteiger partial charge in [0.2, 0.25) is 5.88 Å². The van der Waals surface area contributed by atoms with Crippen molar-refractivity contribution in [3.63, 3.8) is 0 Å². The van der Waals surface area contributed by atoms with Gasteiger partial charge in [-0.05, 0) is 40.2 Å². The molecule has 23 heavy (non-hydrogen) atoms. The van der Waals surface area contributed by atoms with Gasteiger partial charge in [-0.15, -0.1) is 0 Å². The molecule has 0 saturated heterocycles. The third-order valence-corrected chi connectivity index (χ3v) is 2.87. The first-order valence-electron chi connectivity index (χ1n) is 7.64. The van der Waals surface area contributed by atoms with Crippen molar-refractivity contribution < 1.29 is 24.5 Å². The highest BCUT2D eigenvalue weighted by Gasteiger charge is 2.20. The standard InChI is InChI=1S/C16H26N2O5/c1-5-22-13-7-6-11(10-18-13)14(20)12(19)8-9-17-15(21)23-16(2,3)4/h6-7,10,12,14,19-20H,5,8-9H2,1-4H3,(H,17,21). The number of carbonyl (C=O) groups excluding carboxylic acids is 1. The number of rotatable bonds is 7. The lowest BCUT2D eigenvalue weighted by atomic mass is 10.0. The van der Waals surface area contributed by atoms with Gasteiger partial charge in [0.05, 0.1) is 12.7 Å². The van der Waals surface area contributed by atoms with E-state index in [0.29, 0.717) is 18.1 Å². The van der Waals surface area contributed by atoms with Crippen molar-refractivity contribution in [3.8, 4) is 5.88 Å². The number of alkyl carbamates (subject to hydrolysis) is 1. The zero-order chi connectivity index (χ0) is 17.5. The first kappa shape index (κ1) is 19.2. The van der Waals surface area contributed by atoms with E-state index in [1.807, 2.05) is 6.92 Å². The molecule has 0 radical (unpaired) electrons. The number of hydrogen-bond acceptors (Lipinski definition) is 6. The molecule has 0 spiro atoms. The van der Waals surface area contributed by atoms with Crippen molar-refractivity contribution in [2.45, 2.75) is 51.9 Å². The van der Waals surface area contributed by atoms with E-state index in [9.17, 15) is 15.0 Å². The maximum atomic E-state index is 11.5. The number of aliphatic hydroxyl groups excluding tert-OH is 2. The summed E-state index contributed by atoms with van der Waals surface area (Å²) in [6.45, 7) is 7.86. The molecular weight excluding hydrogens is 300 g/mol. The molecule has 7 nitrogen and oxygen atoms in total. The fraction of sp³-hybridized carbons (Fsp3) is 0.625. The van der Waals surface area contributed by atoms with E-state index < -0.39 is 23.9 Å². The Balaban J connectivity index is 2.41. The van der Waals surface area contributed by atoms with E-state index in [-0.39, 0.29) is 13.0 Å². The number of nitrogens with one attached hydrogen (secondary N) is 1. The predicted octanol–water partition coefficient (Wildman–Crippen LogP) is 1.79. The molecule has 0 saturated carbocycles. The smallest absolute Gasteiger partial charge is 0.407 e. The Morgan fingerprint density at radius 2 is 2.04 bits per heavy atom. The van der Waals surface area contributed by atoms with Crippen LogP contribution in [0.15, 0.2) is 18.3 Å². The van der Waals surface area contributed by atoms with E-state index in [0.717, 1.165) is 0 Å². The van der Waals surface area contributed by atoms with Crippen molar-refractivity contribution in [1.82, 2.24) is 10.3 Å². The lowest BCUT2D eigenvalue weighted by molar-refractivity contribution is 0.0121. The molecule has 3 N–H and O–H groups in total. The van der Waals surface area contributed by atoms with Crippen LogP contribution in [0.1, 0.15) is 45.8 Å². The molecule has 1 heterocycles. The highest BCUT2D eigenvalue weighted by molar-refractivity contribution is 5.67. The summed E-state index contributed by atoms with van der Waals surface area (Å²) in [6, 6.07) is 3.28. The predicted molar refractivity (Wildman–Crippen MR) is 85.2 cm³/mol. The number of aliphatic hydroxyl groups is 2. The zero-order valence-corrected chi connectivity index (χ0v) is 14.1. The van der Waals surface area contributed by atoms with Crippen LogP contribution in [0.2, 0.25) is 0 Å². The minimum absolute atomic E-state index is 0.188. The van der Waals surface area contributed by atoms with Gasteiger partial charge in [-0.25, -0.2) is 9.78 Å². The molecule has 0 fully saturated rings. The summed E-state index contributed by atoms with van der Waals surface area (Å²) >= 11 is 0. The topological polar surface area (TPSA) is 101 Å². The van der Waals surface area contributed by atoms with Crippen molar-refractivity contribution in [1.29, 1.82) is 0 Å². The molecule has 1 rings (SSSR count). The summed E-state index contributed by atoms with van der Waals surface area (Å²) in [5.41, 5.74) is -0.0888. The average Bonchev–Trinajstić information content (AvgIpc) is 2.45. The van der Waals surface area contributed by atoms with E-state index in [2.05, 4.69) is 10.3 Å². The van der Waals surface area contributed by atoms with Crippen molar-refractivity contribution in [3.05, 3.63) is 23.9 Å². The molecule has 0 aliphatic carbocycles. The highest BCUT2D eigenvalue weighted by atomic mass is 16.6. The number of aromatic nitrogens is 1. The quantitative estimate of drug-likeness (QED) is 0.706. The van der Waals surface area contributed by atoms with Crippen LogP contribution in [-0.2, 0) is 4.74 Å². The van der Waals surface area contributed by atoms with E-state index in [1.54, 1.807) is 32.9 Å². The van der Waals surface area contributed by atoms with Crippen molar-refractivity contribution >= 4 is 6.09 Å². The fourth-order valence-electron chi connectivity index (χ4n) is 1.82. The average molecular weight is 326 g/mol. The Bertz CT molecular complexity index is 484. The number of carbonyl (C=O) groups is 1. The number of nitrogens with zero attached hydrogens (tertiary/aromatic N) is 1. The molecule has 2 atom stereocenters. The van der Waals surface area contributed by atoms with Gasteiger partial charge in [0, 0.05) is 24.4 Å². The monoisotopic (exact) mass is 326 g/mol. The molecular formula is C16H26N2O5. The summed E-state index contributed by atoms with van der Waals surface area (Å²) in [4.78, 5) is 15.5. The molecule has 130 valence electrons. The van der Waals surface area contributed by atoms with Gasteiger partial charge in [0.25, 0.3) is 0 Å². The number of ether oxygens (including phenoxy) is 2. The van der Waals surface area contributed by atoms with Crippen LogP contribution in [0.4, 0.5) is 4.79 Å². The summed E-state index contributed by atoms with van der Waals surface area (Å²) in [5, 5.41) is 22.6. The Morgan fingerprint density at radius 3 is 2.57 bits per heavy atom. The number of hydrogen-bond donors (Lipinski definition) is 3. The first-order chi connectivity index (χ1) is 10.7. The molecule has 1 aromatic rings. The third kappa shape index (κ3) is 7.30. The van der Waals surface area contributed by atoms with Crippen LogP contribution < -0.4 is 10.1 Å². The Hall–Kier alpha value is -1.86. The van der Waals surface area contributed by atoms with Gasteiger partial charge in [0.15, 0.2) is 0 Å². The zero-order valence-electron chi connectivity index (χ0n) is 14.1. The maximum absolute atomic E-state index is 11.5. The molecule has 7 heteroatoms. The Labute approximate surface area is 136 Å². The van der Waals surface area contributed by atoms with Crippen molar-refractivity contribution in [2.75, 3.05) is 13.2 Å². The Morgan fingerprint density at radius 1 is 1.35 bits per heavy atom. The van der Waals surface area contributed by atoms with E-state index in [4.69, 9.17) is 9.47 Å². The highest BCUT2D eigenvalue weighted by Crippen LogP contribution is 2.19. The molecule has 0 bridgehead atoms. The van der Waals surface area contributed by atoms with Crippen LogP contribution in [0.5, 0.6) is 5.88 Å². The van der Waals surface area contributed by atoms with Gasteiger partial charge >= 0.3 is 6.09 Å². The normalized spacial score (nSPS) is 14.0. The van der Waals surface area contributed by atoms with Crippen LogP contribution in [0.25, 0.3) is 0 Å². The number of amides is 1. The van der Waals surface area contributed by atoms with Crippen LogP contribution in [-0.4, -0.2) is 46.1 Å². The second-order valence-electron chi connectivity index (χ2n) is 6.09. The van der Waals surface area contributed by atoms with Gasteiger partial charge in [0.1, 0.15) is 11.7 Å². The minimum atomic E-state index is -1.08. The fourth-order valence-corrected chi connectivity index (χ4v) is 1.82. The molecule has 2 unspecified atom stereocenters. The minimum Gasteiger partial charge on any atom is -0.478 e. The second-order valence-corrected chi connectivity index (χ2v) is 6.09. The maximum Gasteiger partial charge on any atom is 0.407 e. The van der Waals surface area contributed by atoms with Crippen LogP contribution in [0, 0.1) is 0 Å². The Kier molecular flexibility index (Phi) is 7.25. The van der Waals surface area contributed by atoms with Crippen LogP contribution in [0.3, 0.4) is 0 Å². The number of pyridine rings is 1. The second kappa shape index (κ2) is 8.69. The molecule has 0 aliphatic heterocycles. The molecule has 1 aromatic heterocycles. The molecule has 0 aliphatic rings. The summed E-state index contributed by atoms with van der Waals surface area (Å²) in [5.74, 6) is 0.463. The third-order valence-electron chi connectivity index (χ3n) is 2.87. The van der Waals surface area contributed by atoms with Crippen LogP contribution >= 0.6 is 0 Å². The lowest BCUT2D eigenvalue weighted by Gasteiger charge is -2.21. The van der Waals surface area contributed by atoms with Gasteiger partial charge < -0.3 is 25.0 Å². The molecule has 0 aromatic carbocycles. The largest absolute Gasteiger partial charge is 0.478 e. The van der Waals surface area contributed by atoms with E-state index >= 15 is 0 Å². The first-order valence-corrected chi connectivity index (χ1v) is 7.64. The summed E-state index contributed by atoms with van der Waals surface area (Å²) in [7, 11) is 0. The van der Waals surface area contributed by atoms with Gasteiger partial charge in [-0.2, -0.15) is 0 Å². The summed E-state index contributed by atoms with van der Waals surface area (Å²) < 4.78 is 10.3. The lowest BCUT2D eigenvalue weighted by Crippen LogP contribution is -2.34. The SMILES string of the molecule is CCOc1ccc(C(O)C(O)CCNC(=O)OC(C)(C)C)cn1.